The third kappa shape index (κ3) is 2.31. The fraction of sp³-hybridized carbons (Fsp3) is 0.571. The Morgan fingerprint density at radius 3 is 2.40 bits per heavy atom. The van der Waals surface area contributed by atoms with Crippen molar-refractivity contribution in [2.45, 2.75) is 58.5 Å². The molecule has 1 aliphatic carbocycles. The number of urea groups is 1. The number of amides is 4. The Balaban J connectivity index is 1.76. The molecule has 3 aliphatic heterocycles. The zero-order valence-electron chi connectivity index (χ0n) is 17.2. The first-order valence-electron chi connectivity index (χ1n) is 10.2. The maximum absolute atomic E-state index is 13.3. The highest BCUT2D eigenvalue weighted by Gasteiger charge is 2.70. The topological polar surface area (TPSA) is 122 Å². The van der Waals surface area contributed by atoms with E-state index >= 15 is 0 Å². The number of hydrogen-bond acceptors (Lipinski definition) is 6. The van der Waals surface area contributed by atoms with Crippen LogP contribution in [0.15, 0.2) is 18.2 Å². The number of nitro benzene ring substituents is 1. The van der Waals surface area contributed by atoms with Crippen molar-refractivity contribution in [3.8, 4) is 0 Å². The third-order valence-electron chi connectivity index (χ3n) is 7.46. The van der Waals surface area contributed by atoms with Crippen LogP contribution in [-0.2, 0) is 16.0 Å². The predicted octanol–water partition coefficient (Wildman–Crippen LogP) is 2.28. The Morgan fingerprint density at radius 2 is 1.77 bits per heavy atom. The molecule has 0 aromatic heterocycles. The van der Waals surface area contributed by atoms with Crippen LogP contribution >= 0.6 is 0 Å². The quantitative estimate of drug-likeness (QED) is 0.415. The summed E-state index contributed by atoms with van der Waals surface area (Å²) in [4.78, 5) is 51.5. The van der Waals surface area contributed by atoms with Gasteiger partial charge in [-0.15, -0.1) is 0 Å². The van der Waals surface area contributed by atoms with Crippen molar-refractivity contribution < 1.29 is 19.3 Å². The molecule has 3 atom stereocenters. The molecular formula is C21H24N4O5. The van der Waals surface area contributed by atoms with Crippen molar-refractivity contribution in [3.05, 3.63) is 33.9 Å². The maximum atomic E-state index is 13.3. The second-order valence-corrected chi connectivity index (χ2v) is 10.3. The standard InChI is InChI=1S/C21H24N4O5/c1-19(2)8-13-9-20(3,10-19)15-21(16(26)22-18(28)23-17(21)27)7-11-6-12(25(29)30)4-5-14(11)24(13)15/h4-6,13,15H,7-10H2,1-3H3,(H2,22,23,26,27,28). The Hall–Kier alpha value is -2.97. The number of hydrogen-bond donors (Lipinski definition) is 2. The lowest BCUT2D eigenvalue weighted by atomic mass is 9.56. The van der Waals surface area contributed by atoms with Gasteiger partial charge in [-0.1, -0.05) is 20.8 Å². The number of carbonyl (C=O) groups excluding carboxylic acids is 3. The van der Waals surface area contributed by atoms with Crippen molar-refractivity contribution >= 4 is 29.2 Å². The summed E-state index contributed by atoms with van der Waals surface area (Å²) in [6, 6.07) is 3.54. The first-order chi connectivity index (χ1) is 14.0. The molecule has 1 spiro atoms. The second-order valence-electron chi connectivity index (χ2n) is 10.3. The third-order valence-corrected chi connectivity index (χ3v) is 7.46. The summed E-state index contributed by atoms with van der Waals surface area (Å²) in [7, 11) is 0. The van der Waals surface area contributed by atoms with E-state index in [0.717, 1.165) is 24.9 Å². The fourth-order valence-corrected chi connectivity index (χ4v) is 7.05. The summed E-state index contributed by atoms with van der Waals surface area (Å²) in [5.41, 5.74) is -0.451. The van der Waals surface area contributed by atoms with E-state index in [1.54, 1.807) is 6.07 Å². The molecule has 9 heteroatoms. The molecule has 2 bridgehead atoms. The smallest absolute Gasteiger partial charge is 0.328 e. The Morgan fingerprint density at radius 1 is 1.10 bits per heavy atom. The summed E-state index contributed by atoms with van der Waals surface area (Å²) < 4.78 is 0. The van der Waals surface area contributed by atoms with Crippen LogP contribution < -0.4 is 15.5 Å². The average molecular weight is 412 g/mol. The van der Waals surface area contributed by atoms with Crippen LogP contribution in [0.3, 0.4) is 0 Å². The summed E-state index contributed by atoms with van der Waals surface area (Å²) in [6.07, 6.45) is 2.59. The molecule has 1 aromatic rings. The largest absolute Gasteiger partial charge is 0.363 e. The van der Waals surface area contributed by atoms with Gasteiger partial charge in [0.2, 0.25) is 11.8 Å². The highest BCUT2D eigenvalue weighted by Crippen LogP contribution is 2.63. The van der Waals surface area contributed by atoms with Gasteiger partial charge in [0.25, 0.3) is 5.69 Å². The molecule has 3 unspecified atom stereocenters. The van der Waals surface area contributed by atoms with Gasteiger partial charge in [0.05, 0.1) is 11.0 Å². The number of carbonyl (C=O) groups is 3. The zero-order chi connectivity index (χ0) is 21.6. The summed E-state index contributed by atoms with van der Waals surface area (Å²) >= 11 is 0. The van der Waals surface area contributed by atoms with Crippen LogP contribution in [0.25, 0.3) is 0 Å². The Labute approximate surface area is 173 Å². The van der Waals surface area contributed by atoms with Crippen LogP contribution in [0.2, 0.25) is 0 Å². The van der Waals surface area contributed by atoms with E-state index in [1.807, 2.05) is 0 Å². The number of rotatable bonds is 1. The lowest BCUT2D eigenvalue weighted by molar-refractivity contribution is -0.384. The van der Waals surface area contributed by atoms with Crippen molar-refractivity contribution in [3.63, 3.8) is 0 Å². The first-order valence-corrected chi connectivity index (χ1v) is 10.2. The molecule has 0 radical (unpaired) electrons. The van der Waals surface area contributed by atoms with Crippen LogP contribution in [0.5, 0.6) is 0 Å². The highest BCUT2D eigenvalue weighted by atomic mass is 16.6. The lowest BCUT2D eigenvalue weighted by Crippen LogP contribution is -2.72. The van der Waals surface area contributed by atoms with Gasteiger partial charge in [-0.3, -0.25) is 30.3 Å². The van der Waals surface area contributed by atoms with Gasteiger partial charge in [-0.25, -0.2) is 4.79 Å². The van der Waals surface area contributed by atoms with E-state index in [1.165, 1.54) is 12.1 Å². The lowest BCUT2D eigenvalue weighted by Gasteiger charge is -2.52. The highest BCUT2D eigenvalue weighted by molar-refractivity contribution is 6.20. The van der Waals surface area contributed by atoms with Crippen molar-refractivity contribution in [2.75, 3.05) is 4.90 Å². The fourth-order valence-electron chi connectivity index (χ4n) is 7.05. The van der Waals surface area contributed by atoms with E-state index in [2.05, 4.69) is 36.3 Å². The van der Waals surface area contributed by atoms with Crippen LogP contribution in [0.1, 0.15) is 45.6 Å². The van der Waals surface area contributed by atoms with Gasteiger partial charge in [0, 0.05) is 30.3 Å². The van der Waals surface area contributed by atoms with E-state index in [0.29, 0.717) is 5.56 Å². The van der Waals surface area contributed by atoms with Gasteiger partial charge in [0.1, 0.15) is 0 Å². The molecule has 4 aliphatic rings. The Kier molecular flexibility index (Phi) is 3.54. The van der Waals surface area contributed by atoms with Gasteiger partial charge >= 0.3 is 6.03 Å². The summed E-state index contributed by atoms with van der Waals surface area (Å²) in [6.45, 7) is 6.52. The van der Waals surface area contributed by atoms with E-state index in [4.69, 9.17) is 0 Å². The molecule has 5 rings (SSSR count). The number of non-ortho nitro benzene ring substituents is 1. The van der Waals surface area contributed by atoms with Gasteiger partial charge in [0.15, 0.2) is 5.41 Å². The van der Waals surface area contributed by atoms with Gasteiger partial charge in [-0.2, -0.15) is 0 Å². The predicted molar refractivity (Wildman–Crippen MR) is 107 cm³/mol. The van der Waals surface area contributed by atoms with Crippen LogP contribution in [-0.4, -0.2) is 34.9 Å². The van der Waals surface area contributed by atoms with E-state index in [9.17, 15) is 24.5 Å². The van der Waals surface area contributed by atoms with E-state index < -0.39 is 34.2 Å². The van der Waals surface area contributed by atoms with E-state index in [-0.39, 0.29) is 29.0 Å². The molecule has 3 heterocycles. The molecule has 158 valence electrons. The molecule has 1 aromatic carbocycles. The van der Waals surface area contributed by atoms with Crippen molar-refractivity contribution in [1.82, 2.24) is 10.6 Å². The molecule has 3 fully saturated rings. The number of nitro groups is 1. The van der Waals surface area contributed by atoms with Crippen LogP contribution in [0.4, 0.5) is 16.2 Å². The molecule has 2 saturated heterocycles. The van der Waals surface area contributed by atoms with Gasteiger partial charge in [-0.05, 0) is 41.7 Å². The number of benzene rings is 1. The number of barbiturate groups is 1. The first kappa shape index (κ1) is 19.0. The Bertz CT molecular complexity index is 1010. The molecular weight excluding hydrogens is 388 g/mol. The van der Waals surface area contributed by atoms with Crippen LogP contribution in [0, 0.1) is 26.4 Å². The molecule has 1 saturated carbocycles. The number of imide groups is 2. The molecule has 30 heavy (non-hydrogen) atoms. The normalized spacial score (nSPS) is 32.9. The van der Waals surface area contributed by atoms with Crippen molar-refractivity contribution in [1.29, 1.82) is 0 Å². The second kappa shape index (κ2) is 5.59. The summed E-state index contributed by atoms with van der Waals surface area (Å²) in [5, 5.41) is 16.0. The maximum Gasteiger partial charge on any atom is 0.328 e. The zero-order valence-corrected chi connectivity index (χ0v) is 17.2. The van der Waals surface area contributed by atoms with Gasteiger partial charge < -0.3 is 4.90 Å². The minimum absolute atomic E-state index is 0.0224. The molecule has 2 N–H and O–H groups in total. The van der Waals surface area contributed by atoms with Crippen molar-refractivity contribution in [2.24, 2.45) is 16.2 Å². The summed E-state index contributed by atoms with van der Waals surface area (Å²) in [5.74, 6) is -1.23. The number of anilines is 1. The minimum Gasteiger partial charge on any atom is -0.363 e. The minimum atomic E-state index is -1.51. The number of nitrogens with one attached hydrogen (secondary N) is 2. The monoisotopic (exact) mass is 412 g/mol. The SMILES string of the molecule is CC1(C)CC2CC(C)(C1)C1N2c2ccc([N+](=O)[O-])cc2CC12C(=O)NC(=O)NC2=O. The number of nitrogens with zero attached hydrogens (tertiary/aromatic N) is 2. The number of fused-ring (bicyclic) bond motifs is 8. The molecule has 4 amide bonds. The molecule has 9 nitrogen and oxygen atoms in total. The average Bonchev–Trinajstić information content (AvgIpc) is 2.85.